The van der Waals surface area contributed by atoms with Crippen LogP contribution in [0.4, 0.5) is 0 Å². The lowest BCUT2D eigenvalue weighted by Gasteiger charge is -2.11. The first kappa shape index (κ1) is 12.1. The second-order valence-electron chi connectivity index (χ2n) is 3.73. The highest BCUT2D eigenvalue weighted by atomic mass is 16.5. The van der Waals surface area contributed by atoms with E-state index in [4.69, 9.17) is 10.5 Å². The number of hydrogen-bond donors (Lipinski definition) is 1. The summed E-state index contributed by atoms with van der Waals surface area (Å²) in [6.07, 6.45) is 2.55. The lowest BCUT2D eigenvalue weighted by atomic mass is 10.2. The van der Waals surface area contributed by atoms with Crippen LogP contribution in [0.25, 0.3) is 0 Å². The first-order valence-electron chi connectivity index (χ1n) is 5.52. The molecule has 0 aliphatic rings. The van der Waals surface area contributed by atoms with E-state index in [9.17, 15) is 0 Å². The van der Waals surface area contributed by atoms with Crippen LogP contribution in [0.5, 0.6) is 0 Å². The van der Waals surface area contributed by atoms with Gasteiger partial charge in [-0.2, -0.15) is 0 Å². The van der Waals surface area contributed by atoms with Gasteiger partial charge < -0.3 is 10.5 Å². The van der Waals surface area contributed by atoms with Crippen molar-refractivity contribution in [2.75, 3.05) is 0 Å². The van der Waals surface area contributed by atoms with Gasteiger partial charge in [0.15, 0.2) is 0 Å². The topological polar surface area (TPSA) is 48.1 Å². The third-order valence-corrected chi connectivity index (χ3v) is 2.28. The summed E-state index contributed by atoms with van der Waals surface area (Å²) in [6, 6.07) is 5.87. The van der Waals surface area contributed by atoms with Gasteiger partial charge in [-0.1, -0.05) is 19.4 Å². The molecule has 1 unspecified atom stereocenters. The lowest BCUT2D eigenvalue weighted by molar-refractivity contribution is 0.0452. The maximum absolute atomic E-state index is 5.66. The Balaban J connectivity index is 2.43. The van der Waals surface area contributed by atoms with Crippen molar-refractivity contribution in [1.82, 2.24) is 4.98 Å². The fourth-order valence-corrected chi connectivity index (χ4v) is 1.44. The number of pyridine rings is 1. The molecule has 0 aliphatic heterocycles. The van der Waals surface area contributed by atoms with Gasteiger partial charge in [0.05, 0.1) is 24.1 Å². The van der Waals surface area contributed by atoms with Gasteiger partial charge in [-0.3, -0.25) is 4.98 Å². The zero-order chi connectivity index (χ0) is 11.1. The van der Waals surface area contributed by atoms with Crippen molar-refractivity contribution >= 4 is 0 Å². The van der Waals surface area contributed by atoms with E-state index < -0.39 is 0 Å². The normalized spacial score (nSPS) is 12.7. The number of nitrogens with two attached hydrogens (primary N) is 1. The van der Waals surface area contributed by atoms with Crippen LogP contribution in [0.1, 0.15) is 38.1 Å². The van der Waals surface area contributed by atoms with E-state index in [1.54, 1.807) is 0 Å². The lowest BCUT2D eigenvalue weighted by Crippen LogP contribution is -2.09. The SMILES string of the molecule is CCCC(C)OCc1cccc(CN)n1. The van der Waals surface area contributed by atoms with E-state index in [1.165, 1.54) is 0 Å². The highest BCUT2D eigenvalue weighted by Gasteiger charge is 2.02. The quantitative estimate of drug-likeness (QED) is 0.780. The number of aromatic nitrogens is 1. The number of hydrogen-bond acceptors (Lipinski definition) is 3. The van der Waals surface area contributed by atoms with Crippen molar-refractivity contribution in [1.29, 1.82) is 0 Å². The molecular formula is C12H20N2O. The van der Waals surface area contributed by atoms with Crippen LogP contribution in [-0.4, -0.2) is 11.1 Å². The van der Waals surface area contributed by atoms with E-state index >= 15 is 0 Å². The summed E-state index contributed by atoms with van der Waals surface area (Å²) in [5.74, 6) is 0. The molecule has 2 N–H and O–H groups in total. The Morgan fingerprint density at radius 3 is 2.80 bits per heavy atom. The number of nitrogens with zero attached hydrogens (tertiary/aromatic N) is 1. The summed E-state index contributed by atoms with van der Waals surface area (Å²) in [7, 11) is 0. The smallest absolute Gasteiger partial charge is 0.0891 e. The molecule has 0 saturated carbocycles. The maximum Gasteiger partial charge on any atom is 0.0891 e. The van der Waals surface area contributed by atoms with E-state index in [1.807, 2.05) is 18.2 Å². The molecule has 15 heavy (non-hydrogen) atoms. The molecule has 1 rings (SSSR count). The molecule has 0 aliphatic carbocycles. The summed E-state index contributed by atoms with van der Waals surface area (Å²) >= 11 is 0. The molecule has 0 amide bonds. The summed E-state index contributed by atoms with van der Waals surface area (Å²) in [5, 5.41) is 0. The van der Waals surface area contributed by atoms with Gasteiger partial charge in [0.25, 0.3) is 0 Å². The number of ether oxygens (including phenoxy) is 1. The molecule has 3 nitrogen and oxygen atoms in total. The molecule has 1 heterocycles. The minimum absolute atomic E-state index is 0.304. The van der Waals surface area contributed by atoms with Crippen LogP contribution in [0.15, 0.2) is 18.2 Å². The average molecular weight is 208 g/mol. The summed E-state index contributed by atoms with van der Waals surface area (Å²) in [6.45, 7) is 5.32. The van der Waals surface area contributed by atoms with Crippen molar-refractivity contribution in [3.8, 4) is 0 Å². The highest BCUT2D eigenvalue weighted by Crippen LogP contribution is 2.06. The molecule has 0 bridgehead atoms. The van der Waals surface area contributed by atoms with Crippen molar-refractivity contribution in [3.63, 3.8) is 0 Å². The van der Waals surface area contributed by atoms with E-state index in [0.717, 1.165) is 24.2 Å². The van der Waals surface area contributed by atoms with Gasteiger partial charge in [0.1, 0.15) is 0 Å². The molecule has 1 atom stereocenters. The Labute approximate surface area is 91.7 Å². The van der Waals surface area contributed by atoms with E-state index in [0.29, 0.717) is 19.3 Å². The second-order valence-corrected chi connectivity index (χ2v) is 3.73. The van der Waals surface area contributed by atoms with E-state index in [-0.39, 0.29) is 0 Å². The highest BCUT2D eigenvalue weighted by molar-refractivity contribution is 5.10. The first-order chi connectivity index (χ1) is 7.26. The van der Waals surface area contributed by atoms with Crippen LogP contribution in [-0.2, 0) is 17.9 Å². The van der Waals surface area contributed by atoms with Crippen LogP contribution in [0.3, 0.4) is 0 Å². The predicted molar refractivity (Wildman–Crippen MR) is 61.3 cm³/mol. The Bertz CT molecular complexity index is 289. The zero-order valence-corrected chi connectivity index (χ0v) is 9.57. The summed E-state index contributed by atoms with van der Waals surface area (Å²) in [5.41, 5.74) is 7.39. The summed E-state index contributed by atoms with van der Waals surface area (Å²) < 4.78 is 5.66. The third-order valence-electron chi connectivity index (χ3n) is 2.28. The maximum atomic E-state index is 5.66. The van der Waals surface area contributed by atoms with E-state index in [2.05, 4.69) is 18.8 Å². The van der Waals surface area contributed by atoms with Crippen molar-refractivity contribution < 1.29 is 4.74 Å². The van der Waals surface area contributed by atoms with Crippen molar-refractivity contribution in [2.45, 2.75) is 45.9 Å². The van der Waals surface area contributed by atoms with Crippen molar-refractivity contribution in [2.24, 2.45) is 5.73 Å². The minimum Gasteiger partial charge on any atom is -0.372 e. The van der Waals surface area contributed by atoms with Crippen LogP contribution in [0, 0.1) is 0 Å². The minimum atomic E-state index is 0.304. The van der Waals surface area contributed by atoms with Gasteiger partial charge in [0.2, 0.25) is 0 Å². The van der Waals surface area contributed by atoms with Gasteiger partial charge in [-0.15, -0.1) is 0 Å². The molecule has 84 valence electrons. The Hall–Kier alpha value is -0.930. The fourth-order valence-electron chi connectivity index (χ4n) is 1.44. The second kappa shape index (κ2) is 6.53. The van der Waals surface area contributed by atoms with Gasteiger partial charge in [0, 0.05) is 6.54 Å². The Morgan fingerprint density at radius 1 is 1.40 bits per heavy atom. The van der Waals surface area contributed by atoms with Crippen molar-refractivity contribution in [3.05, 3.63) is 29.6 Å². The van der Waals surface area contributed by atoms with Gasteiger partial charge in [-0.25, -0.2) is 0 Å². The zero-order valence-electron chi connectivity index (χ0n) is 9.57. The first-order valence-corrected chi connectivity index (χ1v) is 5.52. The third kappa shape index (κ3) is 4.40. The number of rotatable bonds is 6. The van der Waals surface area contributed by atoms with Crippen LogP contribution >= 0.6 is 0 Å². The fraction of sp³-hybridized carbons (Fsp3) is 0.583. The Kier molecular flexibility index (Phi) is 5.29. The average Bonchev–Trinajstić information content (AvgIpc) is 2.27. The molecule has 0 saturated heterocycles. The molecule has 0 radical (unpaired) electrons. The molecule has 0 fully saturated rings. The molecular weight excluding hydrogens is 188 g/mol. The molecule has 0 aromatic carbocycles. The molecule has 1 aromatic heterocycles. The largest absolute Gasteiger partial charge is 0.372 e. The monoisotopic (exact) mass is 208 g/mol. The van der Waals surface area contributed by atoms with Gasteiger partial charge in [-0.05, 0) is 25.5 Å². The molecule has 0 spiro atoms. The Morgan fingerprint density at radius 2 is 2.13 bits per heavy atom. The molecule has 1 aromatic rings. The molecule has 3 heteroatoms. The summed E-state index contributed by atoms with van der Waals surface area (Å²) in [4.78, 5) is 4.37. The predicted octanol–water partition coefficient (Wildman–Crippen LogP) is 2.25. The van der Waals surface area contributed by atoms with Gasteiger partial charge >= 0.3 is 0 Å². The standard InChI is InChI=1S/C12H20N2O/c1-3-5-10(2)15-9-12-7-4-6-11(8-13)14-12/h4,6-7,10H,3,5,8-9,13H2,1-2H3. The van der Waals surface area contributed by atoms with Crippen LogP contribution < -0.4 is 5.73 Å². The van der Waals surface area contributed by atoms with Crippen LogP contribution in [0.2, 0.25) is 0 Å².